The van der Waals surface area contributed by atoms with Gasteiger partial charge >= 0.3 is 5.97 Å². The van der Waals surface area contributed by atoms with E-state index >= 15 is 0 Å². The maximum atomic E-state index is 11.1. The van der Waals surface area contributed by atoms with Crippen molar-refractivity contribution in [2.75, 3.05) is 6.26 Å². The first kappa shape index (κ1) is 12.0. The van der Waals surface area contributed by atoms with E-state index in [2.05, 4.69) is 9.97 Å². The van der Waals surface area contributed by atoms with Crippen molar-refractivity contribution in [1.29, 1.82) is 0 Å². The second-order valence-electron chi connectivity index (χ2n) is 4.23. The lowest BCUT2D eigenvalue weighted by Gasteiger charge is -2.05. The van der Waals surface area contributed by atoms with E-state index in [9.17, 15) is 13.2 Å². The van der Waals surface area contributed by atoms with Crippen LogP contribution < -0.4 is 0 Å². The Labute approximate surface area is 98.6 Å². The first-order valence-corrected chi connectivity index (χ1v) is 7.19. The normalized spacial score (nSPS) is 15.8. The van der Waals surface area contributed by atoms with Crippen LogP contribution in [0, 0.1) is 0 Å². The summed E-state index contributed by atoms with van der Waals surface area (Å²) in [4.78, 5) is 18.8. The van der Waals surface area contributed by atoms with E-state index < -0.39 is 15.8 Å². The van der Waals surface area contributed by atoms with Crippen molar-refractivity contribution < 1.29 is 18.3 Å². The van der Waals surface area contributed by atoms with E-state index in [-0.39, 0.29) is 23.1 Å². The number of hydrogen-bond acceptors (Lipinski definition) is 5. The Morgan fingerprint density at radius 3 is 2.65 bits per heavy atom. The highest BCUT2D eigenvalue weighted by molar-refractivity contribution is 7.89. The molecule has 0 radical (unpaired) electrons. The first-order valence-electron chi connectivity index (χ1n) is 5.13. The van der Waals surface area contributed by atoms with Gasteiger partial charge in [0.25, 0.3) is 0 Å². The van der Waals surface area contributed by atoms with Gasteiger partial charge in [-0.2, -0.15) is 0 Å². The summed E-state index contributed by atoms with van der Waals surface area (Å²) in [6, 6.07) is 0. The third-order valence-electron chi connectivity index (χ3n) is 2.45. The minimum Gasteiger partial charge on any atom is -0.478 e. The molecule has 1 aromatic rings. The van der Waals surface area contributed by atoms with Crippen molar-refractivity contribution in [3.63, 3.8) is 0 Å². The van der Waals surface area contributed by atoms with E-state index in [1.165, 1.54) is 6.20 Å². The molecule has 0 amide bonds. The molecule has 1 N–H and O–H groups in total. The molecule has 1 aliphatic carbocycles. The van der Waals surface area contributed by atoms with Crippen LogP contribution in [0.5, 0.6) is 0 Å². The van der Waals surface area contributed by atoms with Crippen LogP contribution in [0.3, 0.4) is 0 Å². The lowest BCUT2D eigenvalue weighted by atomic mass is 10.1. The molecule has 92 valence electrons. The molecule has 1 aliphatic rings. The Bertz CT molecular complexity index is 564. The van der Waals surface area contributed by atoms with Gasteiger partial charge in [-0.05, 0) is 12.8 Å². The van der Waals surface area contributed by atoms with Gasteiger partial charge in [-0.3, -0.25) is 0 Å². The van der Waals surface area contributed by atoms with Gasteiger partial charge < -0.3 is 5.11 Å². The molecule has 0 spiro atoms. The van der Waals surface area contributed by atoms with Gasteiger partial charge in [-0.25, -0.2) is 23.2 Å². The molecule has 0 bridgehead atoms. The SMILES string of the molecule is CS(=O)(=O)Cc1ncc(C(=O)O)c(C2CC2)n1. The van der Waals surface area contributed by atoms with Crippen molar-refractivity contribution in [3.8, 4) is 0 Å². The fourth-order valence-corrected chi connectivity index (χ4v) is 2.18. The quantitative estimate of drug-likeness (QED) is 0.847. The van der Waals surface area contributed by atoms with Gasteiger partial charge in [0.1, 0.15) is 11.6 Å². The van der Waals surface area contributed by atoms with E-state index in [0.29, 0.717) is 5.69 Å². The fraction of sp³-hybridized carbons (Fsp3) is 0.500. The predicted molar refractivity (Wildman–Crippen MR) is 59.5 cm³/mol. The first-order chi connectivity index (χ1) is 7.87. The average molecular weight is 256 g/mol. The lowest BCUT2D eigenvalue weighted by molar-refractivity contribution is 0.0694. The summed E-state index contributed by atoms with van der Waals surface area (Å²) in [6.45, 7) is 0. The van der Waals surface area contributed by atoms with Crippen LogP contribution in [-0.2, 0) is 15.6 Å². The van der Waals surface area contributed by atoms with Crippen LogP contribution in [0.2, 0.25) is 0 Å². The maximum absolute atomic E-state index is 11.1. The summed E-state index contributed by atoms with van der Waals surface area (Å²) >= 11 is 0. The van der Waals surface area contributed by atoms with Crippen LogP contribution >= 0.6 is 0 Å². The number of carboxylic acid groups (broad SMARTS) is 1. The number of rotatable bonds is 4. The molecule has 1 fully saturated rings. The Kier molecular flexibility index (Phi) is 2.86. The van der Waals surface area contributed by atoms with Crippen LogP contribution in [0.1, 0.15) is 40.6 Å². The smallest absolute Gasteiger partial charge is 0.339 e. The van der Waals surface area contributed by atoms with Gasteiger partial charge in [0.2, 0.25) is 0 Å². The summed E-state index contributed by atoms with van der Waals surface area (Å²) in [5.74, 6) is -1.02. The number of aromatic nitrogens is 2. The number of aromatic carboxylic acids is 1. The van der Waals surface area contributed by atoms with Crippen molar-refractivity contribution in [3.05, 3.63) is 23.3 Å². The van der Waals surface area contributed by atoms with Gasteiger partial charge in [-0.1, -0.05) is 0 Å². The van der Waals surface area contributed by atoms with Gasteiger partial charge in [-0.15, -0.1) is 0 Å². The Balaban J connectivity index is 2.39. The molecule has 0 aromatic carbocycles. The molecule has 0 atom stereocenters. The zero-order valence-electron chi connectivity index (χ0n) is 9.25. The van der Waals surface area contributed by atoms with Crippen molar-refractivity contribution in [1.82, 2.24) is 9.97 Å². The van der Waals surface area contributed by atoms with Crippen LogP contribution in [0.4, 0.5) is 0 Å². The van der Waals surface area contributed by atoms with Gasteiger partial charge in [0.15, 0.2) is 9.84 Å². The molecule has 1 heterocycles. The Morgan fingerprint density at radius 1 is 1.53 bits per heavy atom. The van der Waals surface area contributed by atoms with E-state index in [1.807, 2.05) is 0 Å². The predicted octanol–water partition coefficient (Wildman–Crippen LogP) is 0.597. The van der Waals surface area contributed by atoms with E-state index in [0.717, 1.165) is 19.1 Å². The summed E-state index contributed by atoms with van der Waals surface area (Å²) < 4.78 is 22.2. The fourth-order valence-electron chi connectivity index (χ4n) is 1.57. The number of carbonyl (C=O) groups is 1. The van der Waals surface area contributed by atoms with Gasteiger partial charge in [0, 0.05) is 18.4 Å². The zero-order valence-corrected chi connectivity index (χ0v) is 10.1. The highest BCUT2D eigenvalue weighted by Crippen LogP contribution is 2.40. The lowest BCUT2D eigenvalue weighted by Crippen LogP contribution is -2.11. The molecular formula is C10H12N2O4S. The number of nitrogens with zero attached hydrogens (tertiary/aromatic N) is 2. The Morgan fingerprint density at radius 2 is 2.18 bits per heavy atom. The second kappa shape index (κ2) is 4.06. The molecule has 0 unspecified atom stereocenters. The minimum absolute atomic E-state index is 0.0738. The molecule has 1 saturated carbocycles. The van der Waals surface area contributed by atoms with Crippen LogP contribution in [-0.4, -0.2) is 35.7 Å². The summed E-state index contributed by atoms with van der Waals surface area (Å²) in [7, 11) is -3.20. The maximum Gasteiger partial charge on any atom is 0.339 e. The van der Waals surface area contributed by atoms with Crippen LogP contribution in [0.15, 0.2) is 6.20 Å². The summed E-state index contributed by atoms with van der Waals surface area (Å²) in [5, 5.41) is 8.97. The van der Waals surface area contributed by atoms with Crippen molar-refractivity contribution in [2.24, 2.45) is 0 Å². The largest absolute Gasteiger partial charge is 0.478 e. The number of hydrogen-bond donors (Lipinski definition) is 1. The summed E-state index contributed by atoms with van der Waals surface area (Å²) in [5.41, 5.74) is 0.538. The van der Waals surface area contributed by atoms with Gasteiger partial charge in [0.05, 0.1) is 11.3 Å². The van der Waals surface area contributed by atoms with E-state index in [1.54, 1.807) is 0 Å². The van der Waals surface area contributed by atoms with E-state index in [4.69, 9.17) is 5.11 Å². The molecule has 7 heteroatoms. The Hall–Kier alpha value is -1.50. The average Bonchev–Trinajstić information content (AvgIpc) is 2.97. The third-order valence-corrected chi connectivity index (χ3v) is 3.24. The molecule has 1 aromatic heterocycles. The highest BCUT2D eigenvalue weighted by atomic mass is 32.2. The topological polar surface area (TPSA) is 97.2 Å². The molecular weight excluding hydrogens is 244 g/mol. The number of carboxylic acids is 1. The highest BCUT2D eigenvalue weighted by Gasteiger charge is 2.30. The summed E-state index contributed by atoms with van der Waals surface area (Å²) in [6.07, 6.45) is 4.09. The number of sulfone groups is 1. The van der Waals surface area contributed by atoms with Crippen molar-refractivity contribution in [2.45, 2.75) is 24.5 Å². The third kappa shape index (κ3) is 3.00. The monoisotopic (exact) mass is 256 g/mol. The molecule has 6 nitrogen and oxygen atoms in total. The molecule has 2 rings (SSSR count). The molecule has 0 aliphatic heterocycles. The second-order valence-corrected chi connectivity index (χ2v) is 6.37. The molecule has 17 heavy (non-hydrogen) atoms. The van der Waals surface area contributed by atoms with Crippen molar-refractivity contribution >= 4 is 15.8 Å². The standard InChI is InChI=1S/C10H12N2O4S/c1-17(15,16)5-8-11-4-7(10(13)14)9(12-8)6-2-3-6/h4,6H,2-3,5H2,1H3,(H,13,14). The molecule has 0 saturated heterocycles. The van der Waals surface area contributed by atoms with Crippen LogP contribution in [0.25, 0.3) is 0 Å². The minimum atomic E-state index is -3.20. The zero-order chi connectivity index (χ0) is 12.6.